The molecule has 0 aliphatic carbocycles. The second kappa shape index (κ2) is 9.68. The van der Waals surface area contributed by atoms with Crippen LogP contribution in [0.3, 0.4) is 0 Å². The molecule has 2 aliphatic rings. The highest BCUT2D eigenvalue weighted by Gasteiger charge is 2.22. The number of rotatable bonds is 4. The van der Waals surface area contributed by atoms with Gasteiger partial charge in [-0.2, -0.15) is 4.98 Å². The van der Waals surface area contributed by atoms with Crippen molar-refractivity contribution in [3.8, 4) is 11.3 Å². The van der Waals surface area contributed by atoms with E-state index >= 15 is 0 Å². The van der Waals surface area contributed by atoms with Gasteiger partial charge in [0.15, 0.2) is 0 Å². The lowest BCUT2D eigenvalue weighted by Crippen LogP contribution is -2.44. The molecule has 0 unspecified atom stereocenters. The van der Waals surface area contributed by atoms with E-state index in [1.54, 1.807) is 12.4 Å². The van der Waals surface area contributed by atoms with Gasteiger partial charge in [0.2, 0.25) is 11.9 Å². The standard InChI is InChI=1S/C25H28BrN7O/c1-31-6-8-32(9-7-31)23-13-22(29-25(27)30-23)19-3-2-18-4-5-33(16-20(18)12-19)24(34)11-17-10-21(26)15-28-14-17/h2-3,10,12-15H,4-9,11,16H2,1H3,(H2,27,29,30). The van der Waals surface area contributed by atoms with Crippen LogP contribution in [0.4, 0.5) is 11.8 Å². The highest BCUT2D eigenvalue weighted by Crippen LogP contribution is 2.28. The van der Waals surface area contributed by atoms with Crippen LogP contribution < -0.4 is 10.6 Å². The third-order valence-corrected chi connectivity index (χ3v) is 6.97. The number of carbonyl (C=O) groups excluding carboxylic acids is 1. The first-order valence-electron chi connectivity index (χ1n) is 11.5. The smallest absolute Gasteiger partial charge is 0.227 e. The second-order valence-electron chi connectivity index (χ2n) is 9.00. The molecule has 0 bridgehead atoms. The molecule has 1 amide bonds. The van der Waals surface area contributed by atoms with Gasteiger partial charge in [-0.1, -0.05) is 12.1 Å². The normalized spacial score (nSPS) is 16.4. The third kappa shape index (κ3) is 5.05. The highest BCUT2D eigenvalue weighted by atomic mass is 79.9. The van der Waals surface area contributed by atoms with Crippen molar-refractivity contribution in [3.05, 3.63) is 63.9 Å². The van der Waals surface area contributed by atoms with Crippen LogP contribution in [0.2, 0.25) is 0 Å². The molecule has 1 fully saturated rings. The predicted molar refractivity (Wildman–Crippen MR) is 136 cm³/mol. The van der Waals surface area contributed by atoms with E-state index in [1.807, 2.05) is 17.0 Å². The summed E-state index contributed by atoms with van der Waals surface area (Å²) >= 11 is 3.43. The van der Waals surface area contributed by atoms with E-state index in [1.165, 1.54) is 5.56 Å². The Morgan fingerprint density at radius 1 is 1.03 bits per heavy atom. The molecular weight excluding hydrogens is 494 g/mol. The van der Waals surface area contributed by atoms with Gasteiger partial charge >= 0.3 is 0 Å². The fourth-order valence-electron chi connectivity index (χ4n) is 4.57. The molecule has 34 heavy (non-hydrogen) atoms. The molecule has 0 radical (unpaired) electrons. The molecule has 9 heteroatoms. The largest absolute Gasteiger partial charge is 0.368 e. The van der Waals surface area contributed by atoms with Crippen molar-refractivity contribution in [1.29, 1.82) is 0 Å². The number of likely N-dealkylation sites (N-methyl/N-ethyl adjacent to an activating group) is 1. The Labute approximate surface area is 207 Å². The number of hydrogen-bond donors (Lipinski definition) is 1. The minimum absolute atomic E-state index is 0.111. The van der Waals surface area contributed by atoms with Crippen LogP contribution in [0.1, 0.15) is 16.7 Å². The molecule has 1 saturated heterocycles. The van der Waals surface area contributed by atoms with Crippen molar-refractivity contribution in [1.82, 2.24) is 24.8 Å². The van der Waals surface area contributed by atoms with Crippen molar-refractivity contribution < 1.29 is 4.79 Å². The first kappa shape index (κ1) is 22.7. The number of amides is 1. The summed E-state index contributed by atoms with van der Waals surface area (Å²) in [5, 5.41) is 0. The maximum Gasteiger partial charge on any atom is 0.227 e. The van der Waals surface area contributed by atoms with Crippen molar-refractivity contribution in [3.63, 3.8) is 0 Å². The van der Waals surface area contributed by atoms with E-state index in [0.717, 1.165) is 71.8 Å². The molecule has 8 nitrogen and oxygen atoms in total. The van der Waals surface area contributed by atoms with E-state index in [4.69, 9.17) is 5.73 Å². The molecule has 4 heterocycles. The number of nitrogens with zero attached hydrogens (tertiary/aromatic N) is 6. The number of nitrogen functional groups attached to an aromatic ring is 1. The van der Waals surface area contributed by atoms with Crippen LogP contribution in [-0.4, -0.2) is 70.4 Å². The maximum atomic E-state index is 13.0. The summed E-state index contributed by atoms with van der Waals surface area (Å²) in [6.07, 6.45) is 4.66. The number of fused-ring (bicyclic) bond motifs is 1. The van der Waals surface area contributed by atoms with Crippen molar-refractivity contribution in [2.45, 2.75) is 19.4 Å². The van der Waals surface area contributed by atoms with E-state index in [0.29, 0.717) is 13.0 Å². The van der Waals surface area contributed by atoms with Crippen LogP contribution in [0, 0.1) is 0 Å². The summed E-state index contributed by atoms with van der Waals surface area (Å²) in [7, 11) is 2.13. The zero-order valence-corrected chi connectivity index (χ0v) is 20.8. The first-order valence-corrected chi connectivity index (χ1v) is 12.3. The number of benzene rings is 1. The van der Waals surface area contributed by atoms with E-state index in [2.05, 4.69) is 65.9 Å². The lowest BCUT2D eigenvalue weighted by Gasteiger charge is -2.33. The number of anilines is 2. The Morgan fingerprint density at radius 3 is 2.65 bits per heavy atom. The Morgan fingerprint density at radius 2 is 1.85 bits per heavy atom. The Kier molecular flexibility index (Phi) is 6.47. The van der Waals surface area contributed by atoms with Crippen molar-refractivity contribution in [2.75, 3.05) is 50.4 Å². The number of piperazine rings is 1. The third-order valence-electron chi connectivity index (χ3n) is 6.54. The van der Waals surface area contributed by atoms with E-state index < -0.39 is 0 Å². The van der Waals surface area contributed by atoms with Crippen LogP contribution in [-0.2, 0) is 24.2 Å². The van der Waals surface area contributed by atoms with Gasteiger partial charge in [-0.05, 0) is 58.2 Å². The summed E-state index contributed by atoms with van der Waals surface area (Å²) < 4.78 is 0.881. The van der Waals surface area contributed by atoms with Gasteiger partial charge in [-0.3, -0.25) is 9.78 Å². The summed E-state index contributed by atoms with van der Waals surface area (Å²) in [6.45, 7) is 5.15. The molecule has 2 aromatic heterocycles. The van der Waals surface area contributed by atoms with Gasteiger partial charge in [-0.25, -0.2) is 4.98 Å². The molecule has 1 aromatic carbocycles. The van der Waals surface area contributed by atoms with Gasteiger partial charge in [0.05, 0.1) is 12.1 Å². The van der Waals surface area contributed by atoms with Crippen molar-refractivity contribution >= 4 is 33.6 Å². The Hall–Kier alpha value is -3.04. The molecule has 0 spiro atoms. The average molecular weight is 522 g/mol. The quantitative estimate of drug-likeness (QED) is 0.564. The average Bonchev–Trinajstić information content (AvgIpc) is 2.83. The van der Waals surface area contributed by atoms with Crippen LogP contribution in [0.5, 0.6) is 0 Å². The highest BCUT2D eigenvalue weighted by molar-refractivity contribution is 9.10. The van der Waals surface area contributed by atoms with E-state index in [-0.39, 0.29) is 11.9 Å². The zero-order chi connectivity index (χ0) is 23.7. The monoisotopic (exact) mass is 521 g/mol. The molecule has 0 saturated carbocycles. The second-order valence-corrected chi connectivity index (χ2v) is 9.91. The number of pyridine rings is 1. The van der Waals surface area contributed by atoms with Gasteiger partial charge < -0.3 is 20.4 Å². The first-order chi connectivity index (χ1) is 16.4. The Balaban J connectivity index is 1.35. The predicted octanol–water partition coefficient (Wildman–Crippen LogP) is 2.76. The number of halogens is 1. The van der Waals surface area contributed by atoms with Gasteiger partial charge in [0.1, 0.15) is 5.82 Å². The minimum Gasteiger partial charge on any atom is -0.368 e. The van der Waals surface area contributed by atoms with Gasteiger partial charge in [-0.15, -0.1) is 0 Å². The molecular formula is C25H28BrN7O. The van der Waals surface area contributed by atoms with E-state index in [9.17, 15) is 4.79 Å². The lowest BCUT2D eigenvalue weighted by atomic mass is 9.96. The SMILES string of the molecule is CN1CCN(c2cc(-c3ccc4c(c3)CN(C(=O)Cc3cncc(Br)c3)CC4)nc(N)n2)CC1. The molecule has 0 atom stereocenters. The topological polar surface area (TPSA) is 91.5 Å². The minimum atomic E-state index is 0.111. The van der Waals surface area contributed by atoms with Crippen LogP contribution in [0.25, 0.3) is 11.3 Å². The summed E-state index contributed by atoms with van der Waals surface area (Å²) in [4.78, 5) is 32.6. The molecule has 176 valence electrons. The summed E-state index contributed by atoms with van der Waals surface area (Å²) in [5.74, 6) is 1.26. The fourth-order valence-corrected chi connectivity index (χ4v) is 4.98. The zero-order valence-electron chi connectivity index (χ0n) is 19.2. The number of aromatic nitrogens is 3. The van der Waals surface area contributed by atoms with Gasteiger partial charge in [0.25, 0.3) is 0 Å². The lowest BCUT2D eigenvalue weighted by molar-refractivity contribution is -0.131. The van der Waals surface area contributed by atoms with Crippen LogP contribution in [0.15, 0.2) is 47.2 Å². The number of carbonyl (C=O) groups is 1. The van der Waals surface area contributed by atoms with Crippen molar-refractivity contribution in [2.24, 2.45) is 0 Å². The Bertz CT molecular complexity index is 1210. The van der Waals surface area contributed by atoms with Crippen LogP contribution >= 0.6 is 15.9 Å². The van der Waals surface area contributed by atoms with Gasteiger partial charge in [0, 0.05) is 67.8 Å². The summed E-state index contributed by atoms with van der Waals surface area (Å²) in [5.41, 5.74) is 11.2. The molecule has 3 aromatic rings. The molecule has 2 aliphatic heterocycles. The molecule has 5 rings (SSSR count). The molecule has 2 N–H and O–H groups in total. The maximum absolute atomic E-state index is 13.0. The number of hydrogen-bond acceptors (Lipinski definition) is 7. The fraction of sp³-hybridized carbons (Fsp3) is 0.360. The summed E-state index contributed by atoms with van der Waals surface area (Å²) in [6, 6.07) is 10.4. The number of nitrogens with two attached hydrogens (primary N) is 1.